The van der Waals surface area contributed by atoms with Crippen LogP contribution in [0.4, 0.5) is 0 Å². The van der Waals surface area contributed by atoms with Gasteiger partial charge in [0, 0.05) is 19.3 Å². The predicted molar refractivity (Wildman–Crippen MR) is 128 cm³/mol. The average molecular weight is 490 g/mol. The SMILES string of the molecule is COc1cc2c(cc1OC)[C@@H]1O[C@](CN3C(=O)c4ccccc4C3=O)(C2)OC2=C1C(=O)CC(C)(C)C2. The number of rotatable bonds is 4. The van der Waals surface area contributed by atoms with E-state index in [2.05, 4.69) is 0 Å². The van der Waals surface area contributed by atoms with Crippen LogP contribution in [0.5, 0.6) is 11.5 Å². The Morgan fingerprint density at radius 1 is 0.944 bits per heavy atom. The van der Waals surface area contributed by atoms with Gasteiger partial charge in [0.05, 0.1) is 37.5 Å². The molecule has 0 spiro atoms. The molecule has 0 N–H and O–H groups in total. The van der Waals surface area contributed by atoms with Crippen LogP contribution in [0.3, 0.4) is 0 Å². The second-order valence-corrected chi connectivity index (χ2v) is 10.6. The molecule has 0 fully saturated rings. The summed E-state index contributed by atoms with van der Waals surface area (Å²) in [5.41, 5.74) is 2.60. The number of hydrogen-bond acceptors (Lipinski definition) is 7. The highest BCUT2D eigenvalue weighted by Crippen LogP contribution is 2.54. The molecule has 0 aromatic heterocycles. The first kappa shape index (κ1) is 22.8. The predicted octanol–water partition coefficient (Wildman–Crippen LogP) is 3.98. The van der Waals surface area contributed by atoms with Gasteiger partial charge in [-0.25, -0.2) is 0 Å². The third-order valence-electron chi connectivity index (χ3n) is 7.45. The van der Waals surface area contributed by atoms with Crippen LogP contribution in [0.1, 0.15) is 64.6 Å². The number of ether oxygens (including phenoxy) is 4. The largest absolute Gasteiger partial charge is 0.493 e. The van der Waals surface area contributed by atoms with E-state index >= 15 is 0 Å². The molecule has 0 radical (unpaired) electrons. The van der Waals surface area contributed by atoms with Gasteiger partial charge in [0.1, 0.15) is 11.9 Å². The Labute approximate surface area is 208 Å². The lowest BCUT2D eigenvalue weighted by Gasteiger charge is -2.50. The zero-order valence-corrected chi connectivity index (χ0v) is 20.7. The normalized spacial score (nSPS) is 25.7. The molecule has 2 atom stereocenters. The lowest BCUT2D eigenvalue weighted by atomic mass is 9.72. The van der Waals surface area contributed by atoms with Crippen molar-refractivity contribution in [1.82, 2.24) is 4.90 Å². The molecule has 1 aliphatic carbocycles. The fourth-order valence-electron chi connectivity index (χ4n) is 5.85. The first-order chi connectivity index (χ1) is 17.1. The number of benzene rings is 2. The summed E-state index contributed by atoms with van der Waals surface area (Å²) in [7, 11) is 3.12. The highest BCUT2D eigenvalue weighted by atomic mass is 16.7. The molecule has 0 unspecified atom stereocenters. The molecule has 6 rings (SSSR count). The van der Waals surface area contributed by atoms with Gasteiger partial charge in [-0.1, -0.05) is 26.0 Å². The third-order valence-corrected chi connectivity index (χ3v) is 7.45. The van der Waals surface area contributed by atoms with Crippen molar-refractivity contribution < 1.29 is 33.3 Å². The molecule has 8 nitrogen and oxygen atoms in total. The van der Waals surface area contributed by atoms with Crippen molar-refractivity contribution in [2.45, 2.75) is 45.0 Å². The number of hydrogen-bond donors (Lipinski definition) is 0. The Bertz CT molecular complexity index is 1340. The summed E-state index contributed by atoms with van der Waals surface area (Å²) in [6, 6.07) is 10.5. The van der Waals surface area contributed by atoms with Crippen LogP contribution in [0, 0.1) is 5.41 Å². The lowest BCUT2D eigenvalue weighted by Crippen LogP contribution is -2.56. The summed E-state index contributed by atoms with van der Waals surface area (Å²) in [6.45, 7) is 3.96. The van der Waals surface area contributed by atoms with Gasteiger partial charge < -0.3 is 18.9 Å². The minimum atomic E-state index is -1.34. The fraction of sp³-hybridized carbons (Fsp3) is 0.393. The smallest absolute Gasteiger partial charge is 0.261 e. The quantitative estimate of drug-likeness (QED) is 0.600. The summed E-state index contributed by atoms with van der Waals surface area (Å²) in [5.74, 6) is -0.481. The third kappa shape index (κ3) is 3.27. The number of carbonyl (C=O) groups is 3. The molecule has 0 saturated carbocycles. The summed E-state index contributed by atoms with van der Waals surface area (Å²) >= 11 is 0. The first-order valence-electron chi connectivity index (χ1n) is 12.0. The van der Waals surface area contributed by atoms with Gasteiger partial charge in [0.25, 0.3) is 11.8 Å². The van der Waals surface area contributed by atoms with E-state index in [0.717, 1.165) is 11.1 Å². The van der Waals surface area contributed by atoms with Crippen molar-refractivity contribution in [3.8, 4) is 11.5 Å². The van der Waals surface area contributed by atoms with Gasteiger partial charge in [-0.3, -0.25) is 19.3 Å². The monoisotopic (exact) mass is 489 g/mol. The van der Waals surface area contributed by atoms with Crippen molar-refractivity contribution in [3.63, 3.8) is 0 Å². The Morgan fingerprint density at radius 3 is 2.22 bits per heavy atom. The molecule has 36 heavy (non-hydrogen) atoms. The standard InChI is InChI=1S/C28H27NO7/c1-27(2)12-19(30)23-22(13-27)35-28(14-29-25(31)16-7-5-6-8-17(16)26(29)32)11-15-9-20(33-3)21(34-4)10-18(15)24(23)36-28/h5-10,24H,11-14H2,1-4H3/t24-,28-/m0/s1. The number of methoxy groups -OCH3 is 2. The van der Waals surface area contributed by atoms with Gasteiger partial charge in [0.15, 0.2) is 17.3 Å². The lowest BCUT2D eigenvalue weighted by molar-refractivity contribution is -0.264. The maximum atomic E-state index is 13.3. The summed E-state index contributed by atoms with van der Waals surface area (Å²) in [6.07, 6.45) is 0.498. The molecular formula is C28H27NO7. The Balaban J connectivity index is 1.47. The molecule has 2 amide bonds. The van der Waals surface area contributed by atoms with Gasteiger partial charge in [-0.05, 0) is 40.8 Å². The van der Waals surface area contributed by atoms with Crippen LogP contribution < -0.4 is 9.47 Å². The molecule has 2 aromatic rings. The zero-order chi connectivity index (χ0) is 25.4. The number of Topliss-reactive ketones (excluding diaryl/α,β-unsaturated/α-hetero) is 1. The molecular weight excluding hydrogens is 462 g/mol. The summed E-state index contributed by atoms with van der Waals surface area (Å²) in [5, 5.41) is 0. The maximum Gasteiger partial charge on any atom is 0.261 e. The molecule has 4 aliphatic rings. The van der Waals surface area contributed by atoms with E-state index in [9.17, 15) is 14.4 Å². The molecule has 186 valence electrons. The molecule has 2 bridgehead atoms. The highest BCUT2D eigenvalue weighted by molar-refractivity contribution is 6.21. The number of fused-ring (bicyclic) bond motifs is 6. The average Bonchev–Trinajstić information content (AvgIpc) is 3.06. The van der Waals surface area contributed by atoms with E-state index in [-0.39, 0.29) is 36.0 Å². The minimum Gasteiger partial charge on any atom is -0.493 e. The van der Waals surface area contributed by atoms with E-state index in [1.165, 1.54) is 4.90 Å². The molecule has 2 aromatic carbocycles. The summed E-state index contributed by atoms with van der Waals surface area (Å²) < 4.78 is 24.1. The van der Waals surface area contributed by atoms with Crippen molar-refractivity contribution in [2.75, 3.05) is 20.8 Å². The number of carbonyl (C=O) groups excluding carboxylic acids is 3. The Morgan fingerprint density at radius 2 is 1.58 bits per heavy atom. The molecule has 3 aliphatic heterocycles. The van der Waals surface area contributed by atoms with E-state index in [4.69, 9.17) is 18.9 Å². The highest BCUT2D eigenvalue weighted by Gasteiger charge is 2.55. The van der Waals surface area contributed by atoms with Crippen LogP contribution in [0.15, 0.2) is 47.7 Å². The van der Waals surface area contributed by atoms with Crippen molar-refractivity contribution >= 4 is 17.6 Å². The second kappa shape index (κ2) is 7.67. The topological polar surface area (TPSA) is 91.4 Å². The molecule has 8 heteroatoms. The van der Waals surface area contributed by atoms with E-state index in [0.29, 0.717) is 46.8 Å². The van der Waals surface area contributed by atoms with Crippen LogP contribution in [0.2, 0.25) is 0 Å². The molecule has 3 heterocycles. The van der Waals surface area contributed by atoms with Crippen molar-refractivity contribution in [1.29, 1.82) is 0 Å². The summed E-state index contributed by atoms with van der Waals surface area (Å²) in [4.78, 5) is 40.9. The second-order valence-electron chi connectivity index (χ2n) is 10.6. The molecule has 0 saturated heterocycles. The van der Waals surface area contributed by atoms with Gasteiger partial charge in [0.2, 0.25) is 5.79 Å². The van der Waals surface area contributed by atoms with Crippen LogP contribution in [0.25, 0.3) is 0 Å². The number of amides is 2. The van der Waals surface area contributed by atoms with Gasteiger partial charge in [-0.15, -0.1) is 0 Å². The van der Waals surface area contributed by atoms with E-state index < -0.39 is 11.9 Å². The van der Waals surface area contributed by atoms with Crippen molar-refractivity contribution in [2.24, 2.45) is 5.41 Å². The number of ketones is 1. The van der Waals surface area contributed by atoms with Gasteiger partial charge in [-0.2, -0.15) is 0 Å². The van der Waals surface area contributed by atoms with Crippen LogP contribution >= 0.6 is 0 Å². The number of nitrogens with zero attached hydrogens (tertiary/aromatic N) is 1. The fourth-order valence-corrected chi connectivity index (χ4v) is 5.85. The maximum absolute atomic E-state index is 13.3. The van der Waals surface area contributed by atoms with E-state index in [1.807, 2.05) is 26.0 Å². The van der Waals surface area contributed by atoms with Crippen LogP contribution in [-0.2, 0) is 20.7 Å². The zero-order valence-electron chi connectivity index (χ0n) is 20.7. The number of imide groups is 1. The Kier molecular flexibility index (Phi) is 4.86. The van der Waals surface area contributed by atoms with Crippen molar-refractivity contribution in [3.05, 3.63) is 70.0 Å². The first-order valence-corrected chi connectivity index (χ1v) is 12.0. The minimum absolute atomic E-state index is 0.0248. The van der Waals surface area contributed by atoms with E-state index in [1.54, 1.807) is 38.5 Å². The van der Waals surface area contributed by atoms with Gasteiger partial charge >= 0.3 is 0 Å². The number of allylic oxidation sites excluding steroid dienone is 1. The Hall–Kier alpha value is -3.65. The van der Waals surface area contributed by atoms with Crippen LogP contribution in [-0.4, -0.2) is 49.0 Å².